The largest absolute Gasteiger partial charge is 0.457 e. The first kappa shape index (κ1) is 31.1. The fourth-order valence-corrected chi connectivity index (χ4v) is 4.49. The number of rotatable bonds is 9. The molecule has 0 radical (unpaired) electrons. The van der Waals surface area contributed by atoms with Crippen molar-refractivity contribution in [2.24, 2.45) is 0 Å². The second-order valence-electron chi connectivity index (χ2n) is 10.1. The van der Waals surface area contributed by atoms with Crippen molar-refractivity contribution in [1.82, 2.24) is 5.32 Å². The van der Waals surface area contributed by atoms with Gasteiger partial charge in [-0.25, -0.2) is 4.39 Å². The van der Waals surface area contributed by atoms with Crippen LogP contribution in [-0.4, -0.2) is 11.7 Å². The first-order chi connectivity index (χ1) is 19.8. The molecule has 2 N–H and O–H groups in total. The van der Waals surface area contributed by atoms with Crippen LogP contribution in [0.5, 0.6) is 11.5 Å². The smallest absolute Gasteiger partial charge is 0.416 e. The van der Waals surface area contributed by atoms with E-state index in [-0.39, 0.29) is 17.0 Å². The van der Waals surface area contributed by atoms with Crippen LogP contribution in [0.25, 0.3) is 0 Å². The average molecular weight is 592 g/mol. The number of alkyl halides is 6. The lowest BCUT2D eigenvalue weighted by Crippen LogP contribution is -2.30. The van der Waals surface area contributed by atoms with Gasteiger partial charge in [0.15, 0.2) is 0 Å². The summed E-state index contributed by atoms with van der Waals surface area (Å²) in [6, 6.07) is 18.0. The molecule has 3 nitrogen and oxygen atoms in total. The fourth-order valence-electron chi connectivity index (χ4n) is 4.49. The Morgan fingerprint density at radius 1 is 0.690 bits per heavy atom. The number of hydrogen-bond acceptors (Lipinski definition) is 3. The minimum absolute atomic E-state index is 0.160. The van der Waals surface area contributed by atoms with Gasteiger partial charge >= 0.3 is 12.4 Å². The van der Waals surface area contributed by atoms with Crippen molar-refractivity contribution in [2.75, 3.05) is 6.61 Å². The number of hydrogen-bond donors (Lipinski definition) is 2. The fraction of sp³-hybridized carbons (Fsp3) is 0.250. The molecule has 0 saturated heterocycles. The molecule has 10 heteroatoms. The van der Waals surface area contributed by atoms with E-state index < -0.39 is 48.0 Å². The van der Waals surface area contributed by atoms with E-state index in [4.69, 9.17) is 4.74 Å². The quantitative estimate of drug-likeness (QED) is 0.191. The number of halogens is 7. The van der Waals surface area contributed by atoms with Crippen LogP contribution in [0, 0.1) is 5.82 Å². The molecule has 0 aliphatic heterocycles. The van der Waals surface area contributed by atoms with E-state index in [0.717, 1.165) is 29.8 Å². The van der Waals surface area contributed by atoms with Gasteiger partial charge in [0, 0.05) is 5.56 Å². The first-order valence-electron chi connectivity index (χ1n) is 13.0. The molecule has 0 saturated carbocycles. The third-order valence-electron chi connectivity index (χ3n) is 6.78. The molecule has 0 spiro atoms. The third kappa shape index (κ3) is 7.49. The van der Waals surface area contributed by atoms with Gasteiger partial charge in [-0.2, -0.15) is 26.3 Å². The summed E-state index contributed by atoms with van der Waals surface area (Å²) in [5.74, 6) is 0.00303. The highest BCUT2D eigenvalue weighted by Crippen LogP contribution is 2.36. The summed E-state index contributed by atoms with van der Waals surface area (Å²) in [6.45, 7) is 3.47. The summed E-state index contributed by atoms with van der Waals surface area (Å²) in [6.07, 6.45) is -9.34. The summed E-state index contributed by atoms with van der Waals surface area (Å²) >= 11 is 0. The van der Waals surface area contributed by atoms with E-state index in [1.807, 2.05) is 32.0 Å². The van der Waals surface area contributed by atoms with Crippen LogP contribution >= 0.6 is 0 Å². The van der Waals surface area contributed by atoms with E-state index in [2.05, 4.69) is 5.32 Å². The number of ether oxygens (including phenoxy) is 1. The maximum Gasteiger partial charge on any atom is 0.416 e. The Labute approximate surface area is 238 Å². The Morgan fingerprint density at radius 2 is 1.24 bits per heavy atom. The topological polar surface area (TPSA) is 41.5 Å². The summed E-state index contributed by atoms with van der Waals surface area (Å²) in [4.78, 5) is 0. The molecule has 0 fully saturated rings. The highest BCUT2D eigenvalue weighted by Gasteiger charge is 2.33. The zero-order chi connectivity index (χ0) is 30.7. The van der Waals surface area contributed by atoms with E-state index in [1.165, 1.54) is 12.1 Å². The first-order valence-corrected chi connectivity index (χ1v) is 13.0. The predicted octanol–water partition coefficient (Wildman–Crippen LogP) is 9.19. The van der Waals surface area contributed by atoms with Gasteiger partial charge in [0.05, 0.1) is 29.8 Å². The molecule has 4 aromatic carbocycles. The van der Waals surface area contributed by atoms with Gasteiger partial charge in [-0.1, -0.05) is 56.3 Å². The number of aliphatic hydroxyl groups is 1. The van der Waals surface area contributed by atoms with Gasteiger partial charge in [0.25, 0.3) is 0 Å². The van der Waals surface area contributed by atoms with E-state index >= 15 is 4.39 Å². The maximum atomic E-state index is 15.3. The second-order valence-corrected chi connectivity index (χ2v) is 10.1. The highest BCUT2D eigenvalue weighted by atomic mass is 19.4. The van der Waals surface area contributed by atoms with Gasteiger partial charge in [-0.05, 0) is 71.1 Å². The second kappa shape index (κ2) is 12.5. The lowest BCUT2D eigenvalue weighted by Gasteiger charge is -2.27. The molecule has 4 rings (SSSR count). The van der Waals surface area contributed by atoms with Crippen molar-refractivity contribution in [3.8, 4) is 11.5 Å². The van der Waals surface area contributed by atoms with Crippen molar-refractivity contribution >= 4 is 0 Å². The molecule has 0 aromatic heterocycles. The molecule has 2 atom stereocenters. The Bertz CT molecular complexity index is 1500. The molecular weight excluding hydrogens is 563 g/mol. The standard InChI is InChI=1S/C32H28F7NO2/c1-19(2)21-5-3-7-25(15-21)42-26-8-4-6-22(16-26)30(27-14-13-24(17-28(27)33)32(37,38)39)40-29(18-41)20-9-11-23(12-10-20)31(34,35)36/h3-17,19,29-30,40-41H,18H2,1-2H3. The zero-order valence-electron chi connectivity index (χ0n) is 22.6. The Kier molecular flexibility index (Phi) is 9.27. The molecule has 0 aliphatic carbocycles. The van der Waals surface area contributed by atoms with Gasteiger partial charge in [-0.15, -0.1) is 0 Å². The van der Waals surface area contributed by atoms with Gasteiger partial charge in [0.2, 0.25) is 0 Å². The van der Waals surface area contributed by atoms with E-state index in [0.29, 0.717) is 23.1 Å². The highest BCUT2D eigenvalue weighted by molar-refractivity contribution is 5.42. The summed E-state index contributed by atoms with van der Waals surface area (Å²) in [7, 11) is 0. The Hall–Kier alpha value is -3.89. The number of aliphatic hydroxyl groups excluding tert-OH is 1. The molecule has 0 heterocycles. The van der Waals surface area contributed by atoms with Crippen LogP contribution in [0.2, 0.25) is 0 Å². The molecule has 0 aliphatic rings. The predicted molar refractivity (Wildman–Crippen MR) is 145 cm³/mol. The molecular formula is C32H28F7NO2. The van der Waals surface area contributed by atoms with Gasteiger partial charge in [0.1, 0.15) is 17.3 Å². The van der Waals surface area contributed by atoms with Crippen molar-refractivity contribution in [2.45, 2.75) is 44.2 Å². The molecule has 0 amide bonds. The van der Waals surface area contributed by atoms with Gasteiger partial charge < -0.3 is 9.84 Å². The molecule has 4 aromatic rings. The molecule has 222 valence electrons. The average Bonchev–Trinajstić information content (AvgIpc) is 2.93. The summed E-state index contributed by atoms with van der Waals surface area (Å²) in [5.41, 5.74) is -0.535. The van der Waals surface area contributed by atoms with Crippen molar-refractivity contribution in [3.05, 3.63) is 130 Å². The number of nitrogens with one attached hydrogen (secondary N) is 1. The molecule has 2 unspecified atom stereocenters. The third-order valence-corrected chi connectivity index (χ3v) is 6.78. The van der Waals surface area contributed by atoms with E-state index in [9.17, 15) is 31.4 Å². The zero-order valence-corrected chi connectivity index (χ0v) is 22.6. The van der Waals surface area contributed by atoms with Crippen LogP contribution in [-0.2, 0) is 12.4 Å². The van der Waals surface area contributed by atoms with E-state index in [1.54, 1.807) is 30.3 Å². The summed E-state index contributed by atoms with van der Waals surface area (Å²) in [5, 5.41) is 13.2. The lowest BCUT2D eigenvalue weighted by atomic mass is 9.94. The van der Waals surface area contributed by atoms with Crippen LogP contribution < -0.4 is 10.1 Å². The monoisotopic (exact) mass is 591 g/mol. The van der Waals surface area contributed by atoms with Crippen LogP contribution in [0.1, 0.15) is 65.2 Å². The minimum atomic E-state index is -4.77. The Balaban J connectivity index is 1.73. The summed E-state index contributed by atoms with van der Waals surface area (Å²) < 4.78 is 100. The van der Waals surface area contributed by atoms with Crippen molar-refractivity contribution in [1.29, 1.82) is 0 Å². The van der Waals surface area contributed by atoms with Crippen LogP contribution in [0.3, 0.4) is 0 Å². The lowest BCUT2D eigenvalue weighted by molar-refractivity contribution is -0.138. The van der Waals surface area contributed by atoms with Crippen molar-refractivity contribution < 1.29 is 40.6 Å². The molecule has 42 heavy (non-hydrogen) atoms. The van der Waals surface area contributed by atoms with Crippen LogP contribution in [0.4, 0.5) is 30.7 Å². The van der Waals surface area contributed by atoms with Crippen molar-refractivity contribution in [3.63, 3.8) is 0 Å². The number of benzene rings is 4. The maximum absolute atomic E-state index is 15.3. The normalized spacial score (nSPS) is 13.7. The van der Waals surface area contributed by atoms with Crippen LogP contribution in [0.15, 0.2) is 91.0 Å². The molecule has 0 bridgehead atoms. The Morgan fingerprint density at radius 3 is 1.76 bits per heavy atom. The van der Waals surface area contributed by atoms with Gasteiger partial charge in [-0.3, -0.25) is 5.32 Å². The SMILES string of the molecule is CC(C)c1cccc(Oc2cccc(C(NC(CO)c3ccc(C(F)(F)F)cc3)c3ccc(C(F)(F)F)cc3F)c2)c1. The minimum Gasteiger partial charge on any atom is -0.457 e.